The highest BCUT2D eigenvalue weighted by Gasteiger charge is 2.12. The van der Waals surface area contributed by atoms with Gasteiger partial charge in [0.05, 0.1) is 12.3 Å². The number of ether oxygens (including phenoxy) is 1. The van der Waals surface area contributed by atoms with Crippen LogP contribution in [0.25, 0.3) is 17.3 Å². The lowest BCUT2D eigenvalue weighted by Gasteiger charge is -2.03. The first kappa shape index (κ1) is 18.4. The van der Waals surface area contributed by atoms with Crippen molar-refractivity contribution in [2.24, 2.45) is 0 Å². The normalized spacial score (nSPS) is 10.9. The average Bonchev–Trinajstić information content (AvgIpc) is 3.16. The van der Waals surface area contributed by atoms with E-state index in [4.69, 9.17) is 4.74 Å². The molecule has 2 aromatic carbocycles. The summed E-state index contributed by atoms with van der Waals surface area (Å²) >= 11 is 1.31. The second kappa shape index (κ2) is 8.79. The van der Waals surface area contributed by atoms with Crippen LogP contribution in [-0.4, -0.2) is 17.5 Å². The van der Waals surface area contributed by atoms with Crippen molar-refractivity contribution in [1.29, 1.82) is 5.26 Å². The van der Waals surface area contributed by atoms with Crippen molar-refractivity contribution in [2.45, 2.75) is 6.92 Å². The van der Waals surface area contributed by atoms with Gasteiger partial charge in [-0.3, -0.25) is 10.1 Å². The summed E-state index contributed by atoms with van der Waals surface area (Å²) in [6, 6.07) is 18.8. The number of hydrogen-bond donors (Lipinski definition) is 1. The molecule has 0 saturated carbocycles. The van der Waals surface area contributed by atoms with Crippen LogP contribution in [-0.2, 0) is 4.79 Å². The summed E-state index contributed by atoms with van der Waals surface area (Å²) in [6.07, 6.45) is 1.55. The lowest BCUT2D eigenvalue weighted by molar-refractivity contribution is -0.112. The van der Waals surface area contributed by atoms with Crippen LogP contribution >= 0.6 is 11.3 Å². The van der Waals surface area contributed by atoms with Crippen molar-refractivity contribution in [1.82, 2.24) is 4.98 Å². The molecule has 0 aliphatic carbocycles. The molecule has 1 amide bonds. The number of thiazole rings is 1. The van der Waals surface area contributed by atoms with Gasteiger partial charge in [-0.1, -0.05) is 30.3 Å². The Hall–Kier alpha value is -3.43. The number of amides is 1. The molecule has 0 aliphatic rings. The number of hydrogen-bond acceptors (Lipinski definition) is 5. The van der Waals surface area contributed by atoms with E-state index in [-0.39, 0.29) is 5.57 Å². The van der Waals surface area contributed by atoms with Gasteiger partial charge in [-0.05, 0) is 42.8 Å². The predicted octanol–water partition coefficient (Wildman–Crippen LogP) is 4.75. The first-order chi connectivity index (χ1) is 13.2. The number of carbonyl (C=O) groups excluding carboxylic acids is 1. The van der Waals surface area contributed by atoms with Crippen molar-refractivity contribution in [3.05, 3.63) is 71.1 Å². The van der Waals surface area contributed by atoms with Crippen molar-refractivity contribution >= 4 is 28.5 Å². The zero-order valence-corrected chi connectivity index (χ0v) is 15.5. The second-order valence-electron chi connectivity index (χ2n) is 5.53. The van der Waals surface area contributed by atoms with Gasteiger partial charge in [0.15, 0.2) is 5.13 Å². The third kappa shape index (κ3) is 4.81. The van der Waals surface area contributed by atoms with Crippen LogP contribution in [0, 0.1) is 11.3 Å². The number of benzene rings is 2. The molecule has 0 fully saturated rings. The maximum Gasteiger partial charge on any atom is 0.268 e. The molecule has 0 spiro atoms. The van der Waals surface area contributed by atoms with E-state index in [0.717, 1.165) is 22.6 Å². The molecule has 0 atom stereocenters. The minimum atomic E-state index is -0.478. The van der Waals surface area contributed by atoms with E-state index in [1.54, 1.807) is 6.08 Å². The Balaban J connectivity index is 1.72. The van der Waals surface area contributed by atoms with Crippen LogP contribution in [0.5, 0.6) is 5.75 Å². The molecule has 5 nitrogen and oxygen atoms in total. The highest BCUT2D eigenvalue weighted by molar-refractivity contribution is 7.14. The highest BCUT2D eigenvalue weighted by atomic mass is 32.1. The molecule has 1 heterocycles. The fraction of sp³-hybridized carbons (Fsp3) is 0.0952. The van der Waals surface area contributed by atoms with E-state index < -0.39 is 5.91 Å². The summed E-state index contributed by atoms with van der Waals surface area (Å²) < 4.78 is 5.43. The zero-order valence-electron chi connectivity index (χ0n) is 14.7. The Kier molecular flexibility index (Phi) is 5.98. The van der Waals surface area contributed by atoms with Crippen LogP contribution in [0.2, 0.25) is 0 Å². The zero-order chi connectivity index (χ0) is 19.1. The third-order valence-electron chi connectivity index (χ3n) is 3.66. The van der Waals surface area contributed by atoms with Crippen molar-refractivity contribution in [3.8, 4) is 23.1 Å². The third-order valence-corrected chi connectivity index (χ3v) is 4.42. The van der Waals surface area contributed by atoms with E-state index in [9.17, 15) is 10.1 Å². The van der Waals surface area contributed by atoms with Crippen LogP contribution < -0.4 is 10.1 Å². The van der Waals surface area contributed by atoms with Crippen molar-refractivity contribution < 1.29 is 9.53 Å². The molecule has 6 heteroatoms. The van der Waals surface area contributed by atoms with E-state index in [0.29, 0.717) is 11.7 Å². The monoisotopic (exact) mass is 375 g/mol. The van der Waals surface area contributed by atoms with Crippen LogP contribution in [0.15, 0.2) is 65.6 Å². The fourth-order valence-corrected chi connectivity index (χ4v) is 3.10. The Morgan fingerprint density at radius 1 is 1.22 bits per heavy atom. The maximum atomic E-state index is 12.4. The minimum absolute atomic E-state index is 0.0269. The summed E-state index contributed by atoms with van der Waals surface area (Å²) in [6.45, 7) is 2.55. The van der Waals surface area contributed by atoms with Gasteiger partial charge in [-0.15, -0.1) is 11.3 Å². The molecule has 0 radical (unpaired) electrons. The topological polar surface area (TPSA) is 75.0 Å². The molecule has 3 rings (SSSR count). The van der Waals surface area contributed by atoms with Crippen LogP contribution in [0.4, 0.5) is 5.13 Å². The smallest absolute Gasteiger partial charge is 0.268 e. The average molecular weight is 375 g/mol. The number of anilines is 1. The Bertz CT molecular complexity index is 986. The summed E-state index contributed by atoms with van der Waals surface area (Å²) in [5.41, 5.74) is 2.50. The van der Waals surface area contributed by atoms with Crippen molar-refractivity contribution in [2.75, 3.05) is 11.9 Å². The number of nitriles is 1. The lowest BCUT2D eigenvalue weighted by Crippen LogP contribution is -2.13. The van der Waals surface area contributed by atoms with Gasteiger partial charge in [0, 0.05) is 10.9 Å². The van der Waals surface area contributed by atoms with Gasteiger partial charge in [-0.2, -0.15) is 5.26 Å². The van der Waals surface area contributed by atoms with E-state index in [1.165, 1.54) is 11.3 Å². The molecule has 0 aliphatic heterocycles. The van der Waals surface area contributed by atoms with Crippen LogP contribution in [0.1, 0.15) is 12.5 Å². The van der Waals surface area contributed by atoms with Crippen molar-refractivity contribution in [3.63, 3.8) is 0 Å². The van der Waals surface area contributed by atoms with Gasteiger partial charge in [0.1, 0.15) is 17.4 Å². The van der Waals surface area contributed by atoms with E-state index in [2.05, 4.69) is 10.3 Å². The summed E-state index contributed by atoms with van der Waals surface area (Å²) in [4.78, 5) is 16.8. The summed E-state index contributed by atoms with van der Waals surface area (Å²) in [7, 11) is 0. The lowest BCUT2D eigenvalue weighted by atomic mass is 10.1. The molecule has 1 N–H and O–H groups in total. The number of nitrogens with zero attached hydrogens (tertiary/aromatic N) is 2. The highest BCUT2D eigenvalue weighted by Crippen LogP contribution is 2.26. The number of carbonyl (C=O) groups is 1. The quantitative estimate of drug-likeness (QED) is 0.498. The number of nitrogens with one attached hydrogen (secondary N) is 1. The number of aromatic nitrogens is 1. The molecular weight excluding hydrogens is 358 g/mol. The predicted molar refractivity (Wildman–Crippen MR) is 107 cm³/mol. The molecule has 27 heavy (non-hydrogen) atoms. The summed E-state index contributed by atoms with van der Waals surface area (Å²) in [5.74, 6) is 0.323. The Morgan fingerprint density at radius 3 is 2.63 bits per heavy atom. The molecule has 134 valence electrons. The van der Waals surface area contributed by atoms with Gasteiger partial charge < -0.3 is 4.74 Å². The molecule has 0 bridgehead atoms. The van der Waals surface area contributed by atoms with Gasteiger partial charge in [0.2, 0.25) is 0 Å². The largest absolute Gasteiger partial charge is 0.494 e. The maximum absolute atomic E-state index is 12.4. The molecule has 0 saturated heterocycles. The summed E-state index contributed by atoms with van der Waals surface area (Å²) in [5, 5.41) is 14.3. The minimum Gasteiger partial charge on any atom is -0.494 e. The van der Waals surface area contributed by atoms with E-state index in [1.807, 2.05) is 73.0 Å². The Labute approximate surface area is 161 Å². The standard InChI is InChI=1S/C21H17N3O2S/c1-2-26-18-10-8-16(9-11-18)19-14-27-21(23-19)24-20(25)17(13-22)12-15-6-4-3-5-7-15/h3-12,14H,2H2,1H3,(H,23,24,25)/b17-12+. The first-order valence-electron chi connectivity index (χ1n) is 8.36. The first-order valence-corrected chi connectivity index (χ1v) is 9.24. The van der Waals surface area contributed by atoms with E-state index >= 15 is 0 Å². The van der Waals surface area contributed by atoms with Gasteiger partial charge in [0.25, 0.3) is 5.91 Å². The fourth-order valence-electron chi connectivity index (χ4n) is 2.38. The van der Waals surface area contributed by atoms with Gasteiger partial charge >= 0.3 is 0 Å². The Morgan fingerprint density at radius 2 is 1.96 bits per heavy atom. The number of rotatable bonds is 6. The second-order valence-corrected chi connectivity index (χ2v) is 6.39. The molecular formula is C21H17N3O2S. The molecule has 3 aromatic rings. The molecule has 1 aromatic heterocycles. The molecule has 0 unspecified atom stereocenters. The van der Waals surface area contributed by atoms with Gasteiger partial charge in [-0.25, -0.2) is 4.98 Å². The SMILES string of the molecule is CCOc1ccc(-c2csc(NC(=O)/C(C#N)=C/c3ccccc3)n2)cc1. The van der Waals surface area contributed by atoms with Crippen LogP contribution in [0.3, 0.4) is 0 Å².